The summed E-state index contributed by atoms with van der Waals surface area (Å²) < 4.78 is 34.7. The van der Waals surface area contributed by atoms with Crippen LogP contribution in [-0.2, 0) is 21.4 Å². The zero-order chi connectivity index (χ0) is 24.1. The number of fused-ring (bicyclic) bond motifs is 1. The second-order valence-electron chi connectivity index (χ2n) is 7.41. The molecule has 9 nitrogen and oxygen atoms in total. The molecule has 10 heteroatoms. The molecule has 1 aromatic heterocycles. The lowest BCUT2D eigenvalue weighted by atomic mass is 10.2. The number of aromatic nitrogens is 2. The Hall–Kier alpha value is -4.18. The summed E-state index contributed by atoms with van der Waals surface area (Å²) in [5, 5.41) is 7.35. The first-order valence-corrected chi connectivity index (χ1v) is 11.9. The van der Waals surface area contributed by atoms with Crippen molar-refractivity contribution in [2.24, 2.45) is 0 Å². The van der Waals surface area contributed by atoms with E-state index in [0.717, 1.165) is 0 Å². The molecule has 4 rings (SSSR count). The zero-order valence-corrected chi connectivity index (χ0v) is 19.1. The zero-order valence-electron chi connectivity index (χ0n) is 18.3. The topological polar surface area (TPSA) is 119 Å². The van der Waals surface area contributed by atoms with Crippen molar-refractivity contribution >= 4 is 38.2 Å². The van der Waals surface area contributed by atoms with Crippen molar-refractivity contribution in [2.45, 2.75) is 17.9 Å². The first kappa shape index (κ1) is 23.0. The van der Waals surface area contributed by atoms with Crippen molar-refractivity contribution in [1.29, 1.82) is 0 Å². The van der Waals surface area contributed by atoms with Gasteiger partial charge in [0.25, 0.3) is 10.0 Å². The predicted molar refractivity (Wildman–Crippen MR) is 129 cm³/mol. The van der Waals surface area contributed by atoms with Crippen LogP contribution in [0.4, 0.5) is 11.4 Å². The van der Waals surface area contributed by atoms with Crippen LogP contribution in [0.2, 0.25) is 0 Å². The molecule has 1 heterocycles. The van der Waals surface area contributed by atoms with Crippen molar-refractivity contribution in [3.8, 4) is 5.75 Å². The van der Waals surface area contributed by atoms with Crippen LogP contribution in [0.5, 0.6) is 5.75 Å². The first-order chi connectivity index (χ1) is 16.4. The molecule has 3 aromatic carbocycles. The van der Waals surface area contributed by atoms with Crippen molar-refractivity contribution in [3.63, 3.8) is 0 Å². The number of sulfonamides is 1. The summed E-state index contributed by atoms with van der Waals surface area (Å²) in [5.41, 5.74) is 1.19. The number of benzene rings is 3. The van der Waals surface area contributed by atoms with E-state index >= 15 is 0 Å². The quantitative estimate of drug-likeness (QED) is 0.401. The monoisotopic (exact) mass is 478 g/mol. The number of anilines is 2. The molecule has 0 bridgehead atoms. The van der Waals surface area contributed by atoms with Crippen LogP contribution >= 0.6 is 0 Å². The maximum absolute atomic E-state index is 12.8. The van der Waals surface area contributed by atoms with Gasteiger partial charge in [-0.05, 0) is 54.6 Å². The van der Waals surface area contributed by atoms with Crippen LogP contribution in [0.15, 0.2) is 88.7 Å². The minimum Gasteiger partial charge on any atom is -0.497 e. The number of carbonyl (C=O) groups excluding carboxylic acids is 1. The largest absolute Gasteiger partial charge is 0.497 e. The summed E-state index contributed by atoms with van der Waals surface area (Å²) in [4.78, 5) is 24.5. The Labute approximate surface area is 196 Å². The van der Waals surface area contributed by atoms with Gasteiger partial charge in [0.1, 0.15) is 5.75 Å². The molecular weight excluding hydrogens is 456 g/mol. The molecule has 2 N–H and O–H groups in total. The van der Waals surface area contributed by atoms with E-state index in [2.05, 4.69) is 15.1 Å². The summed E-state index contributed by atoms with van der Waals surface area (Å²) in [5.74, 6) is 0.292. The van der Waals surface area contributed by atoms with Gasteiger partial charge in [0.15, 0.2) is 0 Å². The number of para-hydroxylation sites is 1. The fraction of sp³-hybridized carbons (Fsp3) is 0.125. The van der Waals surface area contributed by atoms with Crippen LogP contribution in [0.3, 0.4) is 0 Å². The van der Waals surface area contributed by atoms with Gasteiger partial charge < -0.3 is 10.1 Å². The van der Waals surface area contributed by atoms with E-state index in [9.17, 15) is 18.0 Å². The molecule has 0 atom stereocenters. The highest BCUT2D eigenvalue weighted by Gasteiger charge is 2.15. The fourth-order valence-corrected chi connectivity index (χ4v) is 4.49. The standard InChI is InChI=1S/C24H22N4O5S/c1-33-19-11-9-17(10-12-19)27-34(31,32)20-6-4-5-18(15-20)26-24(30)13-14-28-22-8-3-2-7-21(22)23(29)16-25-28/h2-12,15-16,27H,13-14H2,1H3,(H,26,30). The average molecular weight is 479 g/mol. The minimum atomic E-state index is -3.86. The molecule has 0 radical (unpaired) electrons. The van der Waals surface area contributed by atoms with Gasteiger partial charge in [-0.2, -0.15) is 5.10 Å². The molecule has 1 amide bonds. The number of ether oxygens (including phenoxy) is 1. The van der Waals surface area contributed by atoms with Gasteiger partial charge in [-0.1, -0.05) is 18.2 Å². The molecule has 34 heavy (non-hydrogen) atoms. The summed E-state index contributed by atoms with van der Waals surface area (Å²) in [6.45, 7) is 0.254. The molecular formula is C24H22N4O5S. The lowest BCUT2D eigenvalue weighted by Gasteiger charge is -2.11. The summed E-state index contributed by atoms with van der Waals surface area (Å²) >= 11 is 0. The number of carbonyl (C=O) groups is 1. The van der Waals surface area contributed by atoms with E-state index in [4.69, 9.17) is 4.74 Å². The van der Waals surface area contributed by atoms with Crippen LogP contribution in [-0.4, -0.2) is 31.2 Å². The number of hydrogen-bond acceptors (Lipinski definition) is 6. The Balaban J connectivity index is 1.43. The Morgan fingerprint density at radius 1 is 1.00 bits per heavy atom. The van der Waals surface area contributed by atoms with Crippen molar-refractivity contribution < 1.29 is 17.9 Å². The Kier molecular flexibility index (Phi) is 6.60. The molecule has 174 valence electrons. The molecule has 0 spiro atoms. The van der Waals surface area contributed by atoms with Gasteiger partial charge in [0.2, 0.25) is 11.3 Å². The van der Waals surface area contributed by atoms with Crippen molar-refractivity contribution in [3.05, 3.63) is 89.2 Å². The number of rotatable bonds is 8. The Morgan fingerprint density at radius 2 is 1.76 bits per heavy atom. The maximum atomic E-state index is 12.8. The predicted octanol–water partition coefficient (Wildman–Crippen LogP) is 3.23. The Bertz CT molecular complexity index is 1500. The third kappa shape index (κ3) is 5.24. The normalized spacial score (nSPS) is 11.2. The van der Waals surface area contributed by atoms with Gasteiger partial charge in [-0.25, -0.2) is 8.42 Å². The smallest absolute Gasteiger partial charge is 0.261 e. The maximum Gasteiger partial charge on any atom is 0.261 e. The van der Waals surface area contributed by atoms with Gasteiger partial charge in [-0.3, -0.25) is 19.0 Å². The number of aryl methyl sites for hydroxylation is 1. The fourth-order valence-electron chi connectivity index (χ4n) is 3.38. The van der Waals surface area contributed by atoms with Crippen LogP contribution in [0.25, 0.3) is 10.9 Å². The second kappa shape index (κ2) is 9.75. The number of amides is 1. The molecule has 0 saturated heterocycles. The third-order valence-corrected chi connectivity index (χ3v) is 6.46. The van der Waals surface area contributed by atoms with E-state index in [1.807, 2.05) is 0 Å². The molecule has 0 unspecified atom stereocenters. The summed E-state index contributed by atoms with van der Waals surface area (Å²) in [7, 11) is -2.33. The number of hydrogen-bond donors (Lipinski definition) is 2. The highest BCUT2D eigenvalue weighted by atomic mass is 32.2. The second-order valence-corrected chi connectivity index (χ2v) is 9.09. The van der Waals surface area contributed by atoms with E-state index in [1.54, 1.807) is 65.3 Å². The lowest BCUT2D eigenvalue weighted by molar-refractivity contribution is -0.116. The van der Waals surface area contributed by atoms with Gasteiger partial charge in [-0.15, -0.1) is 0 Å². The van der Waals surface area contributed by atoms with Gasteiger partial charge >= 0.3 is 0 Å². The molecule has 0 fully saturated rings. The number of nitrogens with zero attached hydrogens (tertiary/aromatic N) is 2. The average Bonchev–Trinajstić information content (AvgIpc) is 2.84. The van der Waals surface area contributed by atoms with Crippen LogP contribution < -0.4 is 20.2 Å². The summed E-state index contributed by atoms with van der Waals surface area (Å²) in [6.07, 6.45) is 1.31. The third-order valence-electron chi connectivity index (χ3n) is 5.08. The van der Waals surface area contributed by atoms with Crippen molar-refractivity contribution in [2.75, 3.05) is 17.1 Å². The van der Waals surface area contributed by atoms with Crippen LogP contribution in [0.1, 0.15) is 6.42 Å². The van der Waals surface area contributed by atoms with E-state index in [-0.39, 0.29) is 29.2 Å². The highest BCUT2D eigenvalue weighted by molar-refractivity contribution is 7.92. The minimum absolute atomic E-state index is 0.00851. The van der Waals surface area contributed by atoms with Gasteiger partial charge in [0, 0.05) is 23.2 Å². The molecule has 0 aliphatic heterocycles. The molecule has 0 saturated carbocycles. The lowest BCUT2D eigenvalue weighted by Crippen LogP contribution is -2.18. The van der Waals surface area contributed by atoms with Crippen molar-refractivity contribution in [1.82, 2.24) is 9.78 Å². The van der Waals surface area contributed by atoms with Crippen LogP contribution in [0, 0.1) is 0 Å². The number of methoxy groups -OCH3 is 1. The first-order valence-electron chi connectivity index (χ1n) is 10.4. The van der Waals surface area contributed by atoms with E-state index in [0.29, 0.717) is 28.0 Å². The van der Waals surface area contributed by atoms with E-state index in [1.165, 1.54) is 25.4 Å². The van der Waals surface area contributed by atoms with Gasteiger partial charge in [0.05, 0.1) is 30.3 Å². The highest BCUT2D eigenvalue weighted by Crippen LogP contribution is 2.21. The number of nitrogens with one attached hydrogen (secondary N) is 2. The molecule has 4 aromatic rings. The SMILES string of the molecule is COc1ccc(NS(=O)(=O)c2cccc(NC(=O)CCn3ncc(=O)c4ccccc43)c2)cc1. The summed E-state index contributed by atoms with van der Waals surface area (Å²) in [6, 6.07) is 19.5. The van der Waals surface area contributed by atoms with E-state index < -0.39 is 10.0 Å². The molecule has 0 aliphatic rings. The molecule has 0 aliphatic carbocycles. The Morgan fingerprint density at radius 3 is 2.53 bits per heavy atom.